The summed E-state index contributed by atoms with van der Waals surface area (Å²) in [7, 11) is 0. The number of hydrogen-bond acceptors (Lipinski definition) is 2. The standard InChI is InChI=1S/C16H10BrClN2O/c17-13-14(10-6-2-1-3-7-10)19-15(20-16(13)21)11-8-4-5-9-12(11)18/h1-9H,(H,19,20,21). The predicted molar refractivity (Wildman–Crippen MR) is 88.4 cm³/mol. The second-order valence-corrected chi connectivity index (χ2v) is 5.62. The molecule has 3 nitrogen and oxygen atoms in total. The van der Waals surface area contributed by atoms with Gasteiger partial charge in [0.1, 0.15) is 10.3 Å². The average molecular weight is 362 g/mol. The molecule has 5 heteroatoms. The van der Waals surface area contributed by atoms with Crippen LogP contribution in [0.4, 0.5) is 0 Å². The van der Waals surface area contributed by atoms with Gasteiger partial charge in [0.05, 0.1) is 10.7 Å². The van der Waals surface area contributed by atoms with Gasteiger partial charge in [-0.15, -0.1) is 0 Å². The SMILES string of the molecule is O=c1[nH]c(-c2ccccc2Cl)nc(-c2ccccc2)c1Br. The zero-order valence-corrected chi connectivity index (χ0v) is 13.1. The number of aromatic amines is 1. The Kier molecular flexibility index (Phi) is 3.90. The number of rotatable bonds is 2. The molecule has 0 spiro atoms. The number of hydrogen-bond donors (Lipinski definition) is 1. The number of nitrogens with zero attached hydrogens (tertiary/aromatic N) is 1. The molecule has 0 bridgehead atoms. The Morgan fingerprint density at radius 2 is 1.67 bits per heavy atom. The highest BCUT2D eigenvalue weighted by Crippen LogP contribution is 2.28. The molecule has 0 aliphatic rings. The van der Waals surface area contributed by atoms with Gasteiger partial charge in [-0.3, -0.25) is 4.79 Å². The molecule has 3 aromatic rings. The Hall–Kier alpha value is -1.91. The van der Waals surface area contributed by atoms with E-state index in [4.69, 9.17) is 11.6 Å². The molecule has 0 radical (unpaired) electrons. The van der Waals surface area contributed by atoms with Crippen molar-refractivity contribution >= 4 is 27.5 Å². The first-order valence-electron chi connectivity index (χ1n) is 6.27. The minimum absolute atomic E-state index is 0.237. The van der Waals surface area contributed by atoms with Crippen LogP contribution in [0.3, 0.4) is 0 Å². The summed E-state index contributed by atoms with van der Waals surface area (Å²) >= 11 is 9.48. The van der Waals surface area contributed by atoms with E-state index < -0.39 is 0 Å². The molecule has 0 saturated carbocycles. The predicted octanol–water partition coefficient (Wildman–Crippen LogP) is 4.52. The minimum atomic E-state index is -0.237. The van der Waals surface area contributed by atoms with Gasteiger partial charge >= 0.3 is 0 Å². The van der Waals surface area contributed by atoms with Gasteiger partial charge in [0.2, 0.25) is 0 Å². The van der Waals surface area contributed by atoms with Crippen LogP contribution < -0.4 is 5.56 Å². The van der Waals surface area contributed by atoms with Crippen molar-refractivity contribution in [3.05, 3.63) is 74.4 Å². The highest BCUT2D eigenvalue weighted by atomic mass is 79.9. The van der Waals surface area contributed by atoms with Gasteiger partial charge in [-0.25, -0.2) is 4.98 Å². The van der Waals surface area contributed by atoms with Gasteiger partial charge in [-0.1, -0.05) is 54.1 Å². The lowest BCUT2D eigenvalue weighted by Crippen LogP contribution is -2.11. The van der Waals surface area contributed by atoms with Crippen LogP contribution in [-0.2, 0) is 0 Å². The first-order chi connectivity index (χ1) is 10.2. The van der Waals surface area contributed by atoms with Crippen molar-refractivity contribution in [1.82, 2.24) is 9.97 Å². The largest absolute Gasteiger partial charge is 0.305 e. The van der Waals surface area contributed by atoms with Crippen LogP contribution in [0.25, 0.3) is 22.6 Å². The maximum absolute atomic E-state index is 12.1. The van der Waals surface area contributed by atoms with Crippen LogP contribution in [0.5, 0.6) is 0 Å². The summed E-state index contributed by atoms with van der Waals surface area (Å²) in [5.74, 6) is 0.452. The van der Waals surface area contributed by atoms with Crippen molar-refractivity contribution in [3.63, 3.8) is 0 Å². The molecular weight excluding hydrogens is 352 g/mol. The Morgan fingerprint density at radius 3 is 2.38 bits per heavy atom. The topological polar surface area (TPSA) is 45.8 Å². The molecule has 0 fully saturated rings. The van der Waals surface area contributed by atoms with E-state index in [1.54, 1.807) is 6.07 Å². The summed E-state index contributed by atoms with van der Waals surface area (Å²) < 4.78 is 0.407. The lowest BCUT2D eigenvalue weighted by atomic mass is 10.1. The Balaban J connectivity index is 2.24. The smallest absolute Gasteiger partial charge is 0.266 e. The number of aromatic nitrogens is 2. The third-order valence-electron chi connectivity index (χ3n) is 3.04. The molecule has 0 saturated heterocycles. The van der Waals surface area contributed by atoms with E-state index in [1.807, 2.05) is 48.5 Å². The van der Waals surface area contributed by atoms with Crippen molar-refractivity contribution in [2.75, 3.05) is 0 Å². The summed E-state index contributed by atoms with van der Waals surface area (Å²) in [4.78, 5) is 19.4. The zero-order valence-electron chi connectivity index (χ0n) is 10.8. The van der Waals surface area contributed by atoms with Crippen molar-refractivity contribution in [1.29, 1.82) is 0 Å². The molecule has 104 valence electrons. The van der Waals surface area contributed by atoms with E-state index in [-0.39, 0.29) is 5.56 Å². The Morgan fingerprint density at radius 1 is 1.00 bits per heavy atom. The Bertz CT molecular complexity index is 846. The van der Waals surface area contributed by atoms with Gasteiger partial charge in [-0.2, -0.15) is 0 Å². The number of halogens is 2. The molecule has 0 unspecified atom stereocenters. The number of benzene rings is 2. The fraction of sp³-hybridized carbons (Fsp3) is 0. The van der Waals surface area contributed by atoms with Crippen molar-refractivity contribution in [2.45, 2.75) is 0 Å². The molecule has 21 heavy (non-hydrogen) atoms. The Labute approximate surface area is 134 Å². The third kappa shape index (κ3) is 2.77. The normalized spacial score (nSPS) is 10.6. The monoisotopic (exact) mass is 360 g/mol. The molecule has 0 aliphatic heterocycles. The molecule has 2 aromatic carbocycles. The van der Waals surface area contributed by atoms with Crippen LogP contribution >= 0.6 is 27.5 Å². The summed E-state index contributed by atoms with van der Waals surface area (Å²) in [5, 5.41) is 0.544. The van der Waals surface area contributed by atoms with Gasteiger partial charge < -0.3 is 4.98 Å². The summed E-state index contributed by atoms with van der Waals surface area (Å²) in [6.07, 6.45) is 0. The maximum atomic E-state index is 12.1. The molecule has 0 aliphatic carbocycles. The lowest BCUT2D eigenvalue weighted by molar-refractivity contribution is 1.11. The average Bonchev–Trinajstić information content (AvgIpc) is 2.51. The fourth-order valence-corrected chi connectivity index (χ4v) is 2.67. The van der Waals surface area contributed by atoms with Crippen LogP contribution in [0.2, 0.25) is 5.02 Å². The van der Waals surface area contributed by atoms with Crippen LogP contribution in [0.1, 0.15) is 0 Å². The summed E-state index contributed by atoms with van der Waals surface area (Å²) in [6, 6.07) is 16.8. The zero-order chi connectivity index (χ0) is 14.8. The third-order valence-corrected chi connectivity index (χ3v) is 4.10. The van der Waals surface area contributed by atoms with Crippen molar-refractivity contribution in [2.24, 2.45) is 0 Å². The van der Waals surface area contributed by atoms with E-state index >= 15 is 0 Å². The molecule has 0 amide bonds. The molecule has 1 aromatic heterocycles. The maximum Gasteiger partial charge on any atom is 0.266 e. The number of nitrogens with one attached hydrogen (secondary N) is 1. The second kappa shape index (κ2) is 5.84. The van der Waals surface area contributed by atoms with E-state index in [0.717, 1.165) is 5.56 Å². The quantitative estimate of drug-likeness (QED) is 0.729. The van der Waals surface area contributed by atoms with Crippen molar-refractivity contribution < 1.29 is 0 Å². The first-order valence-corrected chi connectivity index (χ1v) is 7.44. The van der Waals surface area contributed by atoms with Crippen molar-refractivity contribution in [3.8, 4) is 22.6 Å². The molecule has 3 rings (SSSR count). The van der Waals surface area contributed by atoms with E-state index in [0.29, 0.717) is 26.6 Å². The molecule has 0 atom stereocenters. The van der Waals surface area contributed by atoms with Gasteiger partial charge in [-0.05, 0) is 28.1 Å². The minimum Gasteiger partial charge on any atom is -0.305 e. The van der Waals surface area contributed by atoms with E-state index in [9.17, 15) is 4.79 Å². The highest BCUT2D eigenvalue weighted by molar-refractivity contribution is 9.10. The van der Waals surface area contributed by atoms with Crippen LogP contribution in [0, 0.1) is 0 Å². The fourth-order valence-electron chi connectivity index (χ4n) is 2.03. The number of H-pyrrole nitrogens is 1. The first kappa shape index (κ1) is 14.0. The van der Waals surface area contributed by atoms with Crippen LogP contribution in [-0.4, -0.2) is 9.97 Å². The van der Waals surface area contributed by atoms with Crippen LogP contribution in [0.15, 0.2) is 63.9 Å². The lowest BCUT2D eigenvalue weighted by Gasteiger charge is -2.08. The molecule has 1 N–H and O–H groups in total. The van der Waals surface area contributed by atoms with E-state index in [1.165, 1.54) is 0 Å². The highest BCUT2D eigenvalue weighted by Gasteiger charge is 2.13. The summed E-state index contributed by atoms with van der Waals surface area (Å²) in [6.45, 7) is 0. The van der Waals surface area contributed by atoms with E-state index in [2.05, 4.69) is 25.9 Å². The molecule has 1 heterocycles. The summed E-state index contributed by atoms with van der Waals surface area (Å²) in [5.41, 5.74) is 1.91. The van der Waals surface area contributed by atoms with Gasteiger partial charge in [0, 0.05) is 11.1 Å². The second-order valence-electron chi connectivity index (χ2n) is 4.42. The molecular formula is C16H10BrClN2O. The van der Waals surface area contributed by atoms with Gasteiger partial charge in [0.25, 0.3) is 5.56 Å². The van der Waals surface area contributed by atoms with Gasteiger partial charge in [0.15, 0.2) is 0 Å².